The van der Waals surface area contributed by atoms with E-state index in [4.69, 9.17) is 4.74 Å². The molecule has 0 atom stereocenters. The van der Waals surface area contributed by atoms with Crippen LogP contribution in [0.5, 0.6) is 5.75 Å². The molecule has 0 aliphatic carbocycles. The van der Waals surface area contributed by atoms with Gasteiger partial charge in [0.15, 0.2) is 5.17 Å². The van der Waals surface area contributed by atoms with Crippen molar-refractivity contribution in [1.29, 1.82) is 0 Å². The van der Waals surface area contributed by atoms with Crippen LogP contribution in [0.4, 0.5) is 11.4 Å². The lowest BCUT2D eigenvalue weighted by atomic mass is 10.1. The van der Waals surface area contributed by atoms with Crippen LogP contribution in [0.3, 0.4) is 0 Å². The Morgan fingerprint density at radius 3 is 2.71 bits per heavy atom. The summed E-state index contributed by atoms with van der Waals surface area (Å²) in [7, 11) is 1.64. The molecule has 2 aromatic carbocycles. The van der Waals surface area contributed by atoms with E-state index in [9.17, 15) is 4.79 Å². The Hall–Kier alpha value is -2.80. The fourth-order valence-corrected chi connectivity index (χ4v) is 3.43. The molecule has 1 aliphatic rings. The van der Waals surface area contributed by atoms with Gasteiger partial charge in [-0.3, -0.25) is 10.2 Å². The topological polar surface area (TPSA) is 75.1 Å². The van der Waals surface area contributed by atoms with Crippen LogP contribution >= 0.6 is 11.8 Å². The van der Waals surface area contributed by atoms with Crippen LogP contribution in [0.2, 0.25) is 0 Å². The second kappa shape index (κ2) is 9.41. The van der Waals surface area contributed by atoms with E-state index in [-0.39, 0.29) is 5.91 Å². The molecule has 28 heavy (non-hydrogen) atoms. The highest BCUT2D eigenvalue weighted by Crippen LogP contribution is 2.23. The Kier molecular flexibility index (Phi) is 6.71. The molecule has 7 heteroatoms. The molecule has 0 saturated heterocycles. The number of benzene rings is 2. The molecule has 1 amide bonds. The molecule has 0 unspecified atom stereocenters. The van der Waals surface area contributed by atoms with Gasteiger partial charge in [0, 0.05) is 23.9 Å². The highest BCUT2D eigenvalue weighted by atomic mass is 32.2. The highest BCUT2D eigenvalue weighted by Gasteiger charge is 2.13. The molecule has 3 rings (SSSR count). The number of amides is 1. The molecule has 6 nitrogen and oxygen atoms in total. The third-order valence-electron chi connectivity index (χ3n) is 4.01. The van der Waals surface area contributed by atoms with Gasteiger partial charge in [-0.15, -0.1) is 0 Å². The van der Waals surface area contributed by atoms with Crippen molar-refractivity contribution in [2.24, 2.45) is 16.0 Å². The standard InChI is InChI=1S/C21H24N4O2S/c1-14(2)11-20(26)22-16-9-7-15(8-10-16)19-13-28-21(25-24-19)23-17-5-4-6-18(12-17)27-3/h4-10,12,14H,11,13H2,1-3H3,(H,22,26)(H,23,25). The highest BCUT2D eigenvalue weighted by molar-refractivity contribution is 8.14. The Balaban J connectivity index is 1.62. The monoisotopic (exact) mass is 396 g/mol. The normalized spacial score (nSPS) is 15.1. The molecule has 0 fully saturated rings. The molecule has 0 radical (unpaired) electrons. The number of carbonyl (C=O) groups is 1. The number of aliphatic imine (C=N–C) groups is 1. The summed E-state index contributed by atoms with van der Waals surface area (Å²) >= 11 is 1.59. The predicted octanol–water partition coefficient (Wildman–Crippen LogP) is 4.41. The Bertz CT molecular complexity index is 892. The van der Waals surface area contributed by atoms with Crippen LogP contribution < -0.4 is 15.5 Å². The van der Waals surface area contributed by atoms with Crippen molar-refractivity contribution in [3.8, 4) is 5.75 Å². The zero-order chi connectivity index (χ0) is 19.9. The van der Waals surface area contributed by atoms with Crippen LogP contribution in [0.25, 0.3) is 0 Å². The summed E-state index contributed by atoms with van der Waals surface area (Å²) < 4.78 is 5.22. The van der Waals surface area contributed by atoms with Crippen molar-refractivity contribution < 1.29 is 9.53 Å². The van der Waals surface area contributed by atoms with Gasteiger partial charge in [0.1, 0.15) is 5.75 Å². The number of anilines is 1. The first-order valence-corrected chi connectivity index (χ1v) is 10.1. The van der Waals surface area contributed by atoms with Crippen LogP contribution in [0, 0.1) is 5.92 Å². The number of carbonyl (C=O) groups excluding carboxylic acids is 1. The minimum atomic E-state index is 0.0355. The fourth-order valence-electron chi connectivity index (χ4n) is 2.65. The quantitative estimate of drug-likeness (QED) is 0.758. The lowest BCUT2D eigenvalue weighted by molar-refractivity contribution is -0.116. The van der Waals surface area contributed by atoms with Crippen molar-refractivity contribution in [3.05, 3.63) is 54.1 Å². The van der Waals surface area contributed by atoms with Gasteiger partial charge < -0.3 is 10.1 Å². The minimum absolute atomic E-state index is 0.0355. The molecule has 0 aromatic heterocycles. The summed E-state index contributed by atoms with van der Waals surface area (Å²) in [6, 6.07) is 15.3. The number of hydrazone groups is 1. The van der Waals surface area contributed by atoms with E-state index < -0.39 is 0 Å². The number of hydrogen-bond donors (Lipinski definition) is 2. The summed E-state index contributed by atoms with van der Waals surface area (Å²) in [5.74, 6) is 1.86. The average Bonchev–Trinajstić information content (AvgIpc) is 2.69. The van der Waals surface area contributed by atoms with Crippen molar-refractivity contribution >= 4 is 39.9 Å². The summed E-state index contributed by atoms with van der Waals surface area (Å²) in [4.78, 5) is 16.4. The van der Waals surface area contributed by atoms with Crippen molar-refractivity contribution in [2.75, 3.05) is 18.2 Å². The number of rotatable bonds is 6. The van der Waals surface area contributed by atoms with Gasteiger partial charge in [-0.2, -0.15) is 5.10 Å². The lowest BCUT2D eigenvalue weighted by Gasteiger charge is -2.15. The zero-order valence-corrected chi connectivity index (χ0v) is 17.0. The summed E-state index contributed by atoms with van der Waals surface area (Å²) in [6.07, 6.45) is 0.518. The van der Waals surface area contributed by atoms with E-state index >= 15 is 0 Å². The largest absolute Gasteiger partial charge is 0.497 e. The number of amidine groups is 1. The van der Waals surface area contributed by atoms with Gasteiger partial charge in [-0.1, -0.05) is 43.8 Å². The number of nitrogens with zero attached hydrogens (tertiary/aromatic N) is 2. The van der Waals surface area contributed by atoms with Gasteiger partial charge in [-0.25, -0.2) is 4.99 Å². The van der Waals surface area contributed by atoms with E-state index in [1.165, 1.54) is 0 Å². The third kappa shape index (κ3) is 5.60. The summed E-state index contributed by atoms with van der Waals surface area (Å²) in [5, 5.41) is 8.11. The SMILES string of the molecule is COc1cccc(N=C2NN=C(c3ccc(NC(=O)CC(C)C)cc3)CS2)c1. The van der Waals surface area contributed by atoms with Crippen molar-refractivity contribution in [2.45, 2.75) is 20.3 Å². The molecule has 1 aliphatic heterocycles. The van der Waals surface area contributed by atoms with Gasteiger partial charge in [0.2, 0.25) is 5.91 Å². The van der Waals surface area contributed by atoms with E-state index in [1.54, 1.807) is 18.9 Å². The molecule has 0 spiro atoms. The number of methoxy groups -OCH3 is 1. The maximum absolute atomic E-state index is 11.9. The molecule has 0 bridgehead atoms. The number of thioether (sulfide) groups is 1. The predicted molar refractivity (Wildman–Crippen MR) is 117 cm³/mol. The van der Waals surface area contributed by atoms with Crippen LogP contribution in [-0.4, -0.2) is 29.6 Å². The first-order valence-electron chi connectivity index (χ1n) is 9.12. The lowest BCUT2D eigenvalue weighted by Crippen LogP contribution is -2.25. The molecular weight excluding hydrogens is 372 g/mol. The number of hydrogen-bond acceptors (Lipinski definition) is 5. The van der Waals surface area contributed by atoms with Gasteiger partial charge in [0.05, 0.1) is 18.5 Å². The fraction of sp³-hybridized carbons (Fsp3) is 0.286. The molecule has 146 valence electrons. The molecule has 0 saturated carbocycles. The summed E-state index contributed by atoms with van der Waals surface area (Å²) in [5.41, 5.74) is 6.58. The second-order valence-electron chi connectivity index (χ2n) is 6.80. The van der Waals surface area contributed by atoms with Gasteiger partial charge in [-0.05, 0) is 35.7 Å². The average molecular weight is 397 g/mol. The molecular formula is C21H24N4O2S. The van der Waals surface area contributed by atoms with E-state index in [2.05, 4.69) is 20.8 Å². The van der Waals surface area contributed by atoms with Gasteiger partial charge >= 0.3 is 0 Å². The Morgan fingerprint density at radius 2 is 2.07 bits per heavy atom. The molecule has 1 heterocycles. The zero-order valence-electron chi connectivity index (χ0n) is 16.2. The van der Waals surface area contributed by atoms with Crippen molar-refractivity contribution in [3.63, 3.8) is 0 Å². The number of ether oxygens (including phenoxy) is 1. The Morgan fingerprint density at radius 1 is 1.29 bits per heavy atom. The summed E-state index contributed by atoms with van der Waals surface area (Å²) in [6.45, 7) is 4.06. The van der Waals surface area contributed by atoms with Crippen LogP contribution in [0.15, 0.2) is 58.6 Å². The second-order valence-corrected chi connectivity index (χ2v) is 7.76. The van der Waals surface area contributed by atoms with E-state index in [1.807, 2.05) is 62.4 Å². The molecule has 2 N–H and O–H groups in total. The van der Waals surface area contributed by atoms with E-state index in [0.717, 1.165) is 39.3 Å². The smallest absolute Gasteiger partial charge is 0.224 e. The van der Waals surface area contributed by atoms with Crippen molar-refractivity contribution in [1.82, 2.24) is 5.43 Å². The third-order valence-corrected chi connectivity index (χ3v) is 4.89. The van der Waals surface area contributed by atoms with Crippen LogP contribution in [0.1, 0.15) is 25.8 Å². The Labute approximate surface area is 169 Å². The first-order chi connectivity index (χ1) is 13.5. The minimum Gasteiger partial charge on any atom is -0.497 e. The maximum atomic E-state index is 11.9. The van der Waals surface area contributed by atoms with Crippen LogP contribution in [-0.2, 0) is 4.79 Å². The first kappa shape index (κ1) is 19.9. The van der Waals surface area contributed by atoms with E-state index in [0.29, 0.717) is 12.3 Å². The molecule has 2 aromatic rings. The van der Waals surface area contributed by atoms with Gasteiger partial charge in [0.25, 0.3) is 0 Å². The maximum Gasteiger partial charge on any atom is 0.224 e. The number of nitrogens with one attached hydrogen (secondary N) is 2.